The van der Waals surface area contributed by atoms with Crippen molar-refractivity contribution in [2.24, 2.45) is 10.8 Å². The highest BCUT2D eigenvalue weighted by Crippen LogP contribution is 2.40. The molecule has 0 bridgehead atoms. The van der Waals surface area contributed by atoms with Crippen LogP contribution in [0, 0.1) is 16.6 Å². The van der Waals surface area contributed by atoms with Gasteiger partial charge in [-0.1, -0.05) is 38.4 Å². The molecular weight excluding hydrogens is 680 g/mol. The van der Waals surface area contributed by atoms with Gasteiger partial charge in [-0.3, -0.25) is 20.0 Å². The predicted octanol–water partition coefficient (Wildman–Crippen LogP) is 3.94. The first-order valence-electron chi connectivity index (χ1n) is 14.8. The Morgan fingerprint density at radius 2 is 1.55 bits per heavy atom. The summed E-state index contributed by atoms with van der Waals surface area (Å²) in [5.41, 5.74) is -0.449. The van der Waals surface area contributed by atoms with Crippen molar-refractivity contribution in [2.75, 3.05) is 27.3 Å². The van der Waals surface area contributed by atoms with Gasteiger partial charge in [0.05, 0.1) is 31.4 Å². The molecule has 272 valence electrons. The Balaban J connectivity index is 2.38. The van der Waals surface area contributed by atoms with Crippen LogP contribution in [0.2, 0.25) is 5.02 Å². The maximum absolute atomic E-state index is 15.5. The second-order valence-corrected chi connectivity index (χ2v) is 13.0. The van der Waals surface area contributed by atoms with E-state index in [4.69, 9.17) is 11.6 Å². The number of alkyl halides is 3. The zero-order valence-electron chi connectivity index (χ0n) is 28.0. The van der Waals surface area contributed by atoms with E-state index < -0.39 is 84.6 Å². The van der Waals surface area contributed by atoms with Crippen LogP contribution in [0.15, 0.2) is 36.5 Å². The number of methoxy groups -OCH3 is 2. The van der Waals surface area contributed by atoms with Gasteiger partial charge in [0, 0.05) is 42.0 Å². The van der Waals surface area contributed by atoms with E-state index >= 15 is 4.39 Å². The molecule has 49 heavy (non-hydrogen) atoms. The highest BCUT2D eigenvalue weighted by atomic mass is 35.5. The molecule has 0 aliphatic carbocycles. The molecule has 1 heterocycles. The number of carbonyl (C=O) groups excluding carboxylic acids is 4. The van der Waals surface area contributed by atoms with E-state index in [9.17, 15) is 37.5 Å². The van der Waals surface area contributed by atoms with Gasteiger partial charge in [-0.25, -0.2) is 19.0 Å². The molecule has 3 atom stereocenters. The number of hydrazine groups is 1. The van der Waals surface area contributed by atoms with Crippen molar-refractivity contribution in [1.29, 1.82) is 0 Å². The van der Waals surface area contributed by atoms with Gasteiger partial charge in [-0.15, -0.1) is 0 Å². The van der Waals surface area contributed by atoms with Crippen molar-refractivity contribution in [3.63, 3.8) is 0 Å². The molecule has 1 unspecified atom stereocenters. The monoisotopic (exact) mass is 720 g/mol. The lowest BCUT2D eigenvalue weighted by Crippen LogP contribution is -2.60. The van der Waals surface area contributed by atoms with E-state index in [1.807, 2.05) is 5.32 Å². The van der Waals surface area contributed by atoms with Gasteiger partial charge in [0.2, 0.25) is 5.91 Å². The van der Waals surface area contributed by atoms with Crippen LogP contribution in [0.25, 0.3) is 11.3 Å². The van der Waals surface area contributed by atoms with Gasteiger partial charge < -0.3 is 30.5 Å². The molecule has 2 rings (SSSR count). The lowest BCUT2D eigenvalue weighted by atomic mass is 9.83. The Morgan fingerprint density at radius 1 is 0.959 bits per heavy atom. The zero-order valence-corrected chi connectivity index (χ0v) is 28.8. The summed E-state index contributed by atoms with van der Waals surface area (Å²) in [5.74, 6) is -2.89. The fourth-order valence-corrected chi connectivity index (χ4v) is 4.67. The third-order valence-electron chi connectivity index (χ3n) is 7.40. The number of alkyl carbamates (subject to hydrolysis) is 2. The normalized spacial score (nSPS) is 13.9. The van der Waals surface area contributed by atoms with Gasteiger partial charge in [0.25, 0.3) is 5.91 Å². The van der Waals surface area contributed by atoms with Crippen molar-refractivity contribution >= 4 is 35.6 Å². The van der Waals surface area contributed by atoms with Gasteiger partial charge in [-0.2, -0.15) is 13.2 Å². The average molecular weight is 721 g/mol. The van der Waals surface area contributed by atoms with Crippen molar-refractivity contribution in [2.45, 2.75) is 65.5 Å². The minimum atomic E-state index is -4.94. The van der Waals surface area contributed by atoms with Crippen molar-refractivity contribution in [3.8, 4) is 11.3 Å². The van der Waals surface area contributed by atoms with E-state index in [1.165, 1.54) is 18.3 Å². The number of rotatable bonds is 13. The Bertz CT molecular complexity index is 1450. The number of hydrogen-bond acceptors (Lipinski definition) is 9. The Labute approximate surface area is 286 Å². The summed E-state index contributed by atoms with van der Waals surface area (Å²) in [6.07, 6.45) is -7.23. The maximum Gasteiger partial charge on any atom is 0.407 e. The molecule has 1 aromatic heterocycles. The van der Waals surface area contributed by atoms with Crippen LogP contribution in [0.5, 0.6) is 0 Å². The number of aliphatic hydroxyl groups excluding tert-OH is 1. The Hall–Kier alpha value is -4.22. The van der Waals surface area contributed by atoms with Crippen molar-refractivity contribution in [3.05, 3.63) is 52.9 Å². The number of amides is 4. The summed E-state index contributed by atoms with van der Waals surface area (Å²) in [6, 6.07) is 4.28. The molecule has 13 nitrogen and oxygen atoms in total. The minimum Gasteiger partial charge on any atom is -0.453 e. The number of pyridine rings is 1. The van der Waals surface area contributed by atoms with Gasteiger partial charge in [-0.05, 0) is 43.5 Å². The molecule has 0 spiro atoms. The van der Waals surface area contributed by atoms with Crippen LogP contribution in [-0.4, -0.2) is 90.8 Å². The number of halogens is 5. The molecule has 2 aromatic rings. The quantitative estimate of drug-likeness (QED) is 0.152. The first kappa shape index (κ1) is 41.0. The molecular formula is C31H41ClF4N6O7. The van der Waals surface area contributed by atoms with Crippen LogP contribution in [0.1, 0.15) is 40.2 Å². The number of carbonyl (C=O) groups is 4. The Kier molecular flexibility index (Phi) is 14.2. The van der Waals surface area contributed by atoms with Gasteiger partial charge in [0.1, 0.15) is 17.9 Å². The number of hydrogen-bond donors (Lipinski definition) is 5. The van der Waals surface area contributed by atoms with Crippen LogP contribution in [0.4, 0.5) is 27.2 Å². The smallest absolute Gasteiger partial charge is 0.407 e. The number of benzene rings is 1. The molecule has 0 fully saturated rings. The second kappa shape index (κ2) is 16.9. The predicted molar refractivity (Wildman–Crippen MR) is 170 cm³/mol. The first-order valence-corrected chi connectivity index (χ1v) is 15.2. The van der Waals surface area contributed by atoms with Crippen LogP contribution >= 0.6 is 11.6 Å². The van der Waals surface area contributed by atoms with Gasteiger partial charge in [0.15, 0.2) is 0 Å². The highest BCUT2D eigenvalue weighted by molar-refractivity contribution is 6.31. The second-order valence-electron chi connectivity index (χ2n) is 12.6. The average Bonchev–Trinajstić information content (AvgIpc) is 3.01. The molecule has 18 heteroatoms. The summed E-state index contributed by atoms with van der Waals surface area (Å²) >= 11 is 6.46. The SMILES string of the molecule is COC(=O)NC(C(=O)NC[C@@H](O)CN(Cc1c(F)cc(-c2ccccn2)cc1Cl)NC(=O)[C@@H](NC(=O)OC)C(C)(C)C)C(C)(C)C(F)(F)F. The van der Waals surface area contributed by atoms with Crippen LogP contribution < -0.4 is 21.4 Å². The van der Waals surface area contributed by atoms with Crippen molar-refractivity contribution < 1.29 is 51.3 Å². The molecule has 0 aliphatic rings. The zero-order chi connectivity index (χ0) is 37.3. The number of ether oxygens (including phenoxy) is 2. The maximum atomic E-state index is 15.5. The summed E-state index contributed by atoms with van der Waals surface area (Å²) in [6.45, 7) is 4.69. The summed E-state index contributed by atoms with van der Waals surface area (Å²) in [7, 11) is 2.01. The molecule has 5 N–H and O–H groups in total. The van der Waals surface area contributed by atoms with E-state index in [-0.39, 0.29) is 10.6 Å². The molecule has 0 saturated carbocycles. The lowest BCUT2D eigenvalue weighted by Gasteiger charge is -2.35. The number of aromatic nitrogens is 1. The Morgan fingerprint density at radius 3 is 2.04 bits per heavy atom. The first-order chi connectivity index (χ1) is 22.6. The molecule has 4 amide bonds. The lowest BCUT2D eigenvalue weighted by molar-refractivity contribution is -0.220. The van der Waals surface area contributed by atoms with Crippen molar-refractivity contribution in [1.82, 2.24) is 31.4 Å². The van der Waals surface area contributed by atoms with E-state index in [0.29, 0.717) is 25.1 Å². The van der Waals surface area contributed by atoms with Crippen LogP contribution in [-0.2, 0) is 25.6 Å². The fourth-order valence-electron chi connectivity index (χ4n) is 4.40. The summed E-state index contributed by atoms with van der Waals surface area (Å²) < 4.78 is 65.8. The third kappa shape index (κ3) is 11.4. The standard InChI is InChI=1S/C31H41ClF4N6O7/c1-29(2,3)23(39-27(46)48-6)26(45)41-42(16-19-20(32)12-17(13-21(19)33)22-10-8-9-11-37-22)15-18(43)14-38-25(44)24(40-28(47)49-7)30(4,5)31(34,35)36/h8-13,18,23-24,43H,14-16H2,1-7H3,(H,38,44)(H,39,46)(H,40,47)(H,41,45)/t18-,23-,24?/m1/s1. The number of aliphatic hydroxyl groups is 1. The van der Waals surface area contributed by atoms with E-state index in [0.717, 1.165) is 19.2 Å². The molecule has 1 aromatic carbocycles. The third-order valence-corrected chi connectivity index (χ3v) is 7.74. The molecule has 0 aliphatic heterocycles. The van der Waals surface area contributed by atoms with E-state index in [2.05, 4.69) is 30.5 Å². The van der Waals surface area contributed by atoms with Crippen LogP contribution in [0.3, 0.4) is 0 Å². The summed E-state index contributed by atoms with van der Waals surface area (Å²) in [4.78, 5) is 54.3. The fraction of sp³-hybridized carbons (Fsp3) is 0.516. The molecule has 0 saturated heterocycles. The van der Waals surface area contributed by atoms with E-state index in [1.54, 1.807) is 39.0 Å². The number of nitrogens with one attached hydrogen (secondary N) is 4. The number of nitrogens with zero attached hydrogens (tertiary/aromatic N) is 2. The highest BCUT2D eigenvalue weighted by Gasteiger charge is 2.55. The molecule has 0 radical (unpaired) electrons. The minimum absolute atomic E-state index is 0.0612. The summed E-state index contributed by atoms with van der Waals surface area (Å²) in [5, 5.41) is 18.3. The van der Waals surface area contributed by atoms with Gasteiger partial charge >= 0.3 is 18.4 Å². The largest absolute Gasteiger partial charge is 0.453 e. The topological polar surface area (TPSA) is 171 Å².